The van der Waals surface area contributed by atoms with Crippen molar-refractivity contribution in [2.45, 2.75) is 38.4 Å². The van der Waals surface area contributed by atoms with Gasteiger partial charge in [-0.05, 0) is 18.8 Å². The number of hydrogen-bond acceptors (Lipinski definition) is 5. The van der Waals surface area contributed by atoms with Gasteiger partial charge in [-0.3, -0.25) is 9.80 Å². The maximum Gasteiger partial charge on any atom is 0.0900 e. The van der Waals surface area contributed by atoms with Gasteiger partial charge in [0.1, 0.15) is 0 Å². The standard InChI is InChI=1S/C15H30N2O3/c1-13-3-2-4-15(13)20-12-14(19)11-17-7-5-16(6-8-17)9-10-18/h13-15,18-19H,2-12H2,1H3/t13-,14-,15-/m1/s1. The van der Waals surface area contributed by atoms with E-state index in [0.29, 0.717) is 25.2 Å². The van der Waals surface area contributed by atoms with Crippen LogP contribution in [0.25, 0.3) is 0 Å². The molecule has 1 aliphatic carbocycles. The van der Waals surface area contributed by atoms with E-state index in [0.717, 1.165) is 39.1 Å². The highest BCUT2D eigenvalue weighted by atomic mass is 16.5. The molecule has 0 aromatic heterocycles. The molecule has 1 aliphatic heterocycles. The van der Waals surface area contributed by atoms with E-state index in [4.69, 9.17) is 9.84 Å². The van der Waals surface area contributed by atoms with Crippen molar-refractivity contribution in [2.24, 2.45) is 5.92 Å². The Hall–Kier alpha value is -0.200. The number of aliphatic hydroxyl groups is 2. The molecule has 3 atom stereocenters. The Labute approximate surface area is 122 Å². The summed E-state index contributed by atoms with van der Waals surface area (Å²) in [6.45, 7) is 8.30. The summed E-state index contributed by atoms with van der Waals surface area (Å²) < 4.78 is 5.86. The first-order valence-corrected chi connectivity index (χ1v) is 8.04. The Kier molecular flexibility index (Phi) is 6.71. The van der Waals surface area contributed by atoms with Crippen molar-refractivity contribution in [1.82, 2.24) is 9.80 Å². The van der Waals surface area contributed by atoms with Crippen LogP contribution in [0.3, 0.4) is 0 Å². The zero-order chi connectivity index (χ0) is 14.4. The summed E-state index contributed by atoms with van der Waals surface area (Å²) >= 11 is 0. The maximum absolute atomic E-state index is 10.1. The van der Waals surface area contributed by atoms with Gasteiger partial charge in [-0.1, -0.05) is 13.3 Å². The lowest BCUT2D eigenvalue weighted by molar-refractivity contribution is -0.0358. The Morgan fingerprint density at radius 1 is 1.15 bits per heavy atom. The third-order valence-electron chi connectivity index (χ3n) is 4.64. The van der Waals surface area contributed by atoms with Crippen LogP contribution in [0.15, 0.2) is 0 Å². The molecule has 2 N–H and O–H groups in total. The molecule has 1 saturated heterocycles. The summed E-state index contributed by atoms with van der Waals surface area (Å²) in [6.07, 6.45) is 3.63. The highest BCUT2D eigenvalue weighted by Crippen LogP contribution is 2.27. The average molecular weight is 286 g/mol. The quantitative estimate of drug-likeness (QED) is 0.698. The highest BCUT2D eigenvalue weighted by molar-refractivity contribution is 4.77. The Balaban J connectivity index is 1.59. The van der Waals surface area contributed by atoms with Crippen molar-refractivity contribution >= 4 is 0 Å². The predicted octanol–water partition coefficient (Wildman–Crippen LogP) is 0.162. The van der Waals surface area contributed by atoms with Gasteiger partial charge < -0.3 is 14.9 Å². The summed E-state index contributed by atoms with van der Waals surface area (Å²) in [5.74, 6) is 0.643. The third kappa shape index (κ3) is 4.97. The fourth-order valence-electron chi connectivity index (χ4n) is 3.28. The predicted molar refractivity (Wildman–Crippen MR) is 78.7 cm³/mol. The van der Waals surface area contributed by atoms with Crippen LogP contribution >= 0.6 is 0 Å². The summed E-state index contributed by atoms with van der Waals surface area (Å²) in [4.78, 5) is 4.56. The van der Waals surface area contributed by atoms with Crippen LogP contribution in [-0.4, -0.2) is 84.7 Å². The number of aliphatic hydroxyl groups excluding tert-OH is 2. The van der Waals surface area contributed by atoms with Gasteiger partial charge in [0.2, 0.25) is 0 Å². The van der Waals surface area contributed by atoms with Crippen molar-refractivity contribution in [3.05, 3.63) is 0 Å². The Morgan fingerprint density at radius 3 is 2.45 bits per heavy atom. The van der Waals surface area contributed by atoms with Crippen molar-refractivity contribution in [1.29, 1.82) is 0 Å². The van der Waals surface area contributed by atoms with Gasteiger partial charge >= 0.3 is 0 Å². The molecule has 0 aromatic rings. The first-order valence-electron chi connectivity index (χ1n) is 8.04. The second-order valence-corrected chi connectivity index (χ2v) is 6.30. The summed E-state index contributed by atoms with van der Waals surface area (Å²) in [5, 5.41) is 19.0. The fourth-order valence-corrected chi connectivity index (χ4v) is 3.28. The van der Waals surface area contributed by atoms with Crippen LogP contribution in [0.2, 0.25) is 0 Å². The molecule has 0 bridgehead atoms. The molecule has 20 heavy (non-hydrogen) atoms. The van der Waals surface area contributed by atoms with E-state index in [2.05, 4.69) is 16.7 Å². The number of rotatable bonds is 7. The molecule has 0 spiro atoms. The molecule has 118 valence electrons. The van der Waals surface area contributed by atoms with E-state index in [1.54, 1.807) is 0 Å². The number of β-amino-alcohol motifs (C(OH)–C–C–N with tert-alkyl or cyclic N) is 2. The molecule has 0 radical (unpaired) electrons. The topological polar surface area (TPSA) is 56.2 Å². The maximum atomic E-state index is 10.1. The summed E-state index contributed by atoms with van der Waals surface area (Å²) in [5.41, 5.74) is 0. The van der Waals surface area contributed by atoms with E-state index in [1.165, 1.54) is 12.8 Å². The molecule has 5 nitrogen and oxygen atoms in total. The van der Waals surface area contributed by atoms with Gasteiger partial charge in [0.25, 0.3) is 0 Å². The lowest BCUT2D eigenvalue weighted by Gasteiger charge is -2.35. The number of hydrogen-bond donors (Lipinski definition) is 2. The first kappa shape index (κ1) is 16.2. The smallest absolute Gasteiger partial charge is 0.0900 e. The van der Waals surface area contributed by atoms with Crippen LogP contribution in [0.1, 0.15) is 26.2 Å². The van der Waals surface area contributed by atoms with Gasteiger partial charge in [-0.15, -0.1) is 0 Å². The van der Waals surface area contributed by atoms with Crippen LogP contribution in [0.5, 0.6) is 0 Å². The molecule has 2 fully saturated rings. The third-order valence-corrected chi connectivity index (χ3v) is 4.64. The number of ether oxygens (including phenoxy) is 1. The number of piperazine rings is 1. The fraction of sp³-hybridized carbons (Fsp3) is 1.00. The van der Waals surface area contributed by atoms with E-state index >= 15 is 0 Å². The molecule has 0 unspecified atom stereocenters. The van der Waals surface area contributed by atoms with E-state index in [-0.39, 0.29) is 12.7 Å². The largest absolute Gasteiger partial charge is 0.395 e. The molecular formula is C15H30N2O3. The molecule has 2 rings (SSSR count). The van der Waals surface area contributed by atoms with Crippen LogP contribution < -0.4 is 0 Å². The van der Waals surface area contributed by atoms with Crippen LogP contribution in [0.4, 0.5) is 0 Å². The second-order valence-electron chi connectivity index (χ2n) is 6.30. The van der Waals surface area contributed by atoms with Gasteiger partial charge in [-0.25, -0.2) is 0 Å². The summed E-state index contributed by atoms with van der Waals surface area (Å²) in [6, 6.07) is 0. The van der Waals surface area contributed by atoms with Gasteiger partial charge in [-0.2, -0.15) is 0 Å². The van der Waals surface area contributed by atoms with Crippen molar-refractivity contribution in [3.63, 3.8) is 0 Å². The van der Waals surface area contributed by atoms with Gasteiger partial charge in [0.05, 0.1) is 25.4 Å². The second kappa shape index (κ2) is 8.29. The zero-order valence-electron chi connectivity index (χ0n) is 12.7. The van der Waals surface area contributed by atoms with E-state index in [9.17, 15) is 5.11 Å². The van der Waals surface area contributed by atoms with Crippen LogP contribution in [-0.2, 0) is 4.74 Å². The zero-order valence-corrected chi connectivity index (χ0v) is 12.7. The van der Waals surface area contributed by atoms with E-state index in [1.807, 2.05) is 0 Å². The first-order chi connectivity index (χ1) is 9.69. The molecule has 0 amide bonds. The van der Waals surface area contributed by atoms with Crippen LogP contribution in [0, 0.1) is 5.92 Å². The molecule has 5 heteroatoms. The summed E-state index contributed by atoms with van der Waals surface area (Å²) in [7, 11) is 0. The normalized spacial score (nSPS) is 30.8. The molecular weight excluding hydrogens is 256 g/mol. The average Bonchev–Trinajstić information content (AvgIpc) is 2.84. The highest BCUT2D eigenvalue weighted by Gasteiger charge is 2.25. The molecule has 1 heterocycles. The Morgan fingerprint density at radius 2 is 1.85 bits per heavy atom. The molecule has 1 saturated carbocycles. The van der Waals surface area contributed by atoms with Crippen molar-refractivity contribution < 1.29 is 14.9 Å². The minimum absolute atomic E-state index is 0.232. The SMILES string of the molecule is C[C@@H]1CCC[C@H]1OC[C@H](O)CN1CCN(CCO)CC1. The number of nitrogens with zero attached hydrogens (tertiary/aromatic N) is 2. The minimum atomic E-state index is -0.382. The van der Waals surface area contributed by atoms with Gasteiger partial charge in [0.15, 0.2) is 0 Å². The molecule has 0 aromatic carbocycles. The minimum Gasteiger partial charge on any atom is -0.395 e. The van der Waals surface area contributed by atoms with E-state index < -0.39 is 0 Å². The molecule has 2 aliphatic rings. The van der Waals surface area contributed by atoms with Crippen molar-refractivity contribution in [3.8, 4) is 0 Å². The lowest BCUT2D eigenvalue weighted by Crippen LogP contribution is -2.49. The Bertz CT molecular complexity index is 270. The lowest BCUT2D eigenvalue weighted by atomic mass is 10.1. The van der Waals surface area contributed by atoms with Gasteiger partial charge in [0, 0.05) is 39.3 Å². The van der Waals surface area contributed by atoms with Crippen molar-refractivity contribution in [2.75, 3.05) is 52.5 Å². The monoisotopic (exact) mass is 286 g/mol.